The number of thioether (sulfide) groups is 1. The summed E-state index contributed by atoms with van der Waals surface area (Å²) in [5.41, 5.74) is 7.11. The number of hydrazine groups is 1. The summed E-state index contributed by atoms with van der Waals surface area (Å²) in [5.74, 6) is -0.314. The quantitative estimate of drug-likeness (QED) is 0.309. The van der Waals surface area contributed by atoms with Gasteiger partial charge in [-0.1, -0.05) is 42.1 Å². The molecule has 0 aliphatic rings. The van der Waals surface area contributed by atoms with Crippen LogP contribution in [0.1, 0.15) is 52.0 Å². The van der Waals surface area contributed by atoms with Gasteiger partial charge in [-0.25, -0.2) is 9.67 Å². The van der Waals surface area contributed by atoms with Crippen LogP contribution in [0.5, 0.6) is 0 Å². The third-order valence-electron chi connectivity index (χ3n) is 5.00. The predicted molar refractivity (Wildman–Crippen MR) is 134 cm³/mol. The molecule has 4 rings (SSSR count). The number of nitrogens with one attached hydrogen (secondary N) is 2. The zero-order valence-electron chi connectivity index (χ0n) is 18.9. The average Bonchev–Trinajstić information content (AvgIpc) is 3.26. The molecular weight excluding hydrogens is 470 g/mol. The van der Waals surface area contributed by atoms with Gasteiger partial charge in [0, 0.05) is 27.8 Å². The Morgan fingerprint density at radius 2 is 1.71 bits per heavy atom. The first-order valence-electron chi connectivity index (χ1n) is 10.6. The number of carbonyl (C=O) groups is 2. The number of thiazole rings is 1. The third-order valence-corrected chi connectivity index (χ3v) is 7.21. The van der Waals surface area contributed by atoms with E-state index in [0.29, 0.717) is 16.3 Å². The lowest BCUT2D eigenvalue weighted by atomic mass is 10.1. The van der Waals surface area contributed by atoms with Gasteiger partial charge in [0.2, 0.25) is 0 Å². The Labute approximate surface area is 204 Å². The minimum Gasteiger partial charge on any atom is -0.267 e. The molecule has 2 N–H and O–H groups in total. The molecule has 2 aromatic heterocycles. The molecule has 0 fully saturated rings. The number of fused-ring (bicyclic) bond motifs is 1. The summed E-state index contributed by atoms with van der Waals surface area (Å²) in [4.78, 5) is 42.5. The highest BCUT2D eigenvalue weighted by Gasteiger charge is 2.18. The van der Waals surface area contributed by atoms with E-state index in [1.807, 2.05) is 38.3 Å². The molecule has 0 radical (unpaired) electrons. The molecule has 2 amide bonds. The van der Waals surface area contributed by atoms with Crippen LogP contribution in [0.3, 0.4) is 0 Å². The molecule has 0 spiro atoms. The number of aromatic nitrogens is 3. The largest absolute Gasteiger partial charge is 0.290 e. The molecule has 0 atom stereocenters. The number of aryl methyl sites for hydroxylation is 1. The van der Waals surface area contributed by atoms with Gasteiger partial charge in [0.15, 0.2) is 5.69 Å². The van der Waals surface area contributed by atoms with Crippen molar-refractivity contribution in [2.24, 2.45) is 0 Å². The molecule has 0 bridgehead atoms. The lowest BCUT2D eigenvalue weighted by Crippen LogP contribution is -2.43. The van der Waals surface area contributed by atoms with Crippen LogP contribution in [-0.4, -0.2) is 26.6 Å². The molecule has 34 heavy (non-hydrogen) atoms. The lowest BCUT2D eigenvalue weighted by Gasteiger charge is -2.14. The van der Waals surface area contributed by atoms with Crippen LogP contribution < -0.4 is 16.4 Å². The SMILES string of the molecule is Cc1csc(SCc2ccc(C(=O)NNC(=O)c3nn(C(C)C)c(=O)c4ccccc34)cc2)n1. The second-order valence-electron chi connectivity index (χ2n) is 7.89. The Hall–Kier alpha value is -3.50. The number of hydrogen-bond acceptors (Lipinski definition) is 7. The zero-order valence-corrected chi connectivity index (χ0v) is 20.5. The normalized spacial score (nSPS) is 11.1. The van der Waals surface area contributed by atoms with Gasteiger partial charge < -0.3 is 0 Å². The van der Waals surface area contributed by atoms with E-state index in [4.69, 9.17) is 0 Å². The number of amides is 2. The van der Waals surface area contributed by atoms with Gasteiger partial charge in [-0.05, 0) is 44.5 Å². The Morgan fingerprint density at radius 1 is 1.03 bits per heavy atom. The fourth-order valence-corrected chi connectivity index (χ4v) is 5.07. The van der Waals surface area contributed by atoms with Crippen molar-refractivity contribution in [3.8, 4) is 0 Å². The van der Waals surface area contributed by atoms with Gasteiger partial charge >= 0.3 is 0 Å². The second kappa shape index (κ2) is 10.2. The van der Waals surface area contributed by atoms with E-state index in [0.717, 1.165) is 21.3 Å². The average molecular weight is 494 g/mol. The maximum Gasteiger partial charge on any atom is 0.290 e. The van der Waals surface area contributed by atoms with Crippen molar-refractivity contribution in [1.29, 1.82) is 0 Å². The zero-order chi connectivity index (χ0) is 24.2. The molecular formula is C24H23N5O3S2. The maximum absolute atomic E-state index is 12.8. The number of hydrogen-bond donors (Lipinski definition) is 2. The number of benzene rings is 2. The molecule has 4 aromatic rings. The Kier molecular flexibility index (Phi) is 7.09. The summed E-state index contributed by atoms with van der Waals surface area (Å²) in [7, 11) is 0. The number of nitrogens with zero attached hydrogens (tertiary/aromatic N) is 3. The van der Waals surface area contributed by atoms with Gasteiger partial charge in [-0.15, -0.1) is 11.3 Å². The van der Waals surface area contributed by atoms with Gasteiger partial charge in [-0.3, -0.25) is 25.2 Å². The number of rotatable bonds is 6. The van der Waals surface area contributed by atoms with Crippen molar-refractivity contribution < 1.29 is 9.59 Å². The Balaban J connectivity index is 1.43. The molecule has 8 nitrogen and oxygen atoms in total. The Morgan fingerprint density at radius 3 is 2.35 bits per heavy atom. The first-order chi connectivity index (χ1) is 16.3. The van der Waals surface area contributed by atoms with E-state index >= 15 is 0 Å². The highest BCUT2D eigenvalue weighted by atomic mass is 32.2. The fourth-order valence-electron chi connectivity index (χ4n) is 3.27. The minimum absolute atomic E-state index is 0.0639. The highest BCUT2D eigenvalue weighted by Crippen LogP contribution is 2.26. The van der Waals surface area contributed by atoms with Crippen LogP contribution in [0.2, 0.25) is 0 Å². The molecule has 2 aromatic carbocycles. The van der Waals surface area contributed by atoms with Crippen molar-refractivity contribution in [2.45, 2.75) is 36.9 Å². The summed E-state index contributed by atoms with van der Waals surface area (Å²) in [6.07, 6.45) is 0. The smallest absolute Gasteiger partial charge is 0.267 e. The van der Waals surface area contributed by atoms with E-state index < -0.39 is 11.8 Å². The van der Waals surface area contributed by atoms with Crippen molar-refractivity contribution >= 4 is 45.7 Å². The van der Waals surface area contributed by atoms with Crippen LogP contribution >= 0.6 is 23.1 Å². The van der Waals surface area contributed by atoms with Gasteiger partial charge in [0.1, 0.15) is 4.34 Å². The summed E-state index contributed by atoms with van der Waals surface area (Å²) in [6, 6.07) is 13.7. The van der Waals surface area contributed by atoms with Crippen molar-refractivity contribution in [2.75, 3.05) is 0 Å². The molecule has 174 valence electrons. The summed E-state index contributed by atoms with van der Waals surface area (Å²) in [5, 5.41) is 7.07. The molecule has 0 saturated heterocycles. The molecule has 2 heterocycles. The molecule has 0 aliphatic carbocycles. The summed E-state index contributed by atoms with van der Waals surface area (Å²) in [6.45, 7) is 5.59. The van der Waals surface area contributed by atoms with E-state index in [1.165, 1.54) is 4.68 Å². The van der Waals surface area contributed by atoms with Crippen LogP contribution in [0.25, 0.3) is 10.8 Å². The van der Waals surface area contributed by atoms with Gasteiger partial charge in [0.05, 0.1) is 11.4 Å². The maximum atomic E-state index is 12.8. The lowest BCUT2D eigenvalue weighted by molar-refractivity contribution is 0.0843. The van der Waals surface area contributed by atoms with Gasteiger partial charge in [-0.2, -0.15) is 5.10 Å². The molecule has 0 saturated carbocycles. The predicted octanol–water partition coefficient (Wildman–Crippen LogP) is 4.11. The highest BCUT2D eigenvalue weighted by molar-refractivity contribution is 8.00. The summed E-state index contributed by atoms with van der Waals surface area (Å²) < 4.78 is 2.27. The molecule has 10 heteroatoms. The second-order valence-corrected chi connectivity index (χ2v) is 9.97. The van der Waals surface area contributed by atoms with Crippen LogP contribution in [-0.2, 0) is 5.75 Å². The first-order valence-corrected chi connectivity index (χ1v) is 12.5. The monoisotopic (exact) mass is 493 g/mol. The Bertz CT molecular complexity index is 1410. The number of carbonyl (C=O) groups excluding carboxylic acids is 2. The standard InChI is InChI=1S/C24H23N5O3S2/c1-14(2)29-23(32)19-7-5-4-6-18(19)20(28-29)22(31)27-26-21(30)17-10-8-16(9-11-17)13-34-24-25-15(3)12-33-24/h4-12,14H,13H2,1-3H3,(H,26,30)(H,27,31). The van der Waals surface area contributed by atoms with Crippen molar-refractivity contribution in [1.82, 2.24) is 25.6 Å². The third kappa shape index (κ3) is 5.18. The summed E-state index contributed by atoms with van der Waals surface area (Å²) >= 11 is 3.26. The first kappa shape index (κ1) is 23.7. The minimum atomic E-state index is -0.606. The topological polar surface area (TPSA) is 106 Å². The van der Waals surface area contributed by atoms with Crippen molar-refractivity contribution in [3.05, 3.63) is 86.8 Å². The van der Waals surface area contributed by atoms with Crippen LogP contribution in [0, 0.1) is 6.92 Å². The fraction of sp³-hybridized carbons (Fsp3) is 0.208. The van der Waals surface area contributed by atoms with Crippen LogP contribution in [0.4, 0.5) is 0 Å². The van der Waals surface area contributed by atoms with E-state index in [9.17, 15) is 14.4 Å². The van der Waals surface area contributed by atoms with Crippen LogP contribution in [0.15, 0.2) is 63.0 Å². The molecule has 0 unspecified atom stereocenters. The van der Waals surface area contributed by atoms with Gasteiger partial charge in [0.25, 0.3) is 17.4 Å². The van der Waals surface area contributed by atoms with E-state index in [-0.39, 0.29) is 17.3 Å². The van der Waals surface area contributed by atoms with E-state index in [1.54, 1.807) is 59.5 Å². The van der Waals surface area contributed by atoms with E-state index in [2.05, 4.69) is 20.9 Å². The molecule has 0 aliphatic heterocycles. The van der Waals surface area contributed by atoms with Crippen molar-refractivity contribution in [3.63, 3.8) is 0 Å².